The maximum atomic E-state index is 12.4. The van der Waals surface area contributed by atoms with Crippen LogP contribution in [0.1, 0.15) is 0 Å². The highest BCUT2D eigenvalue weighted by atomic mass is 32.2. The van der Waals surface area contributed by atoms with Gasteiger partial charge in [0.05, 0.1) is 19.0 Å². The van der Waals surface area contributed by atoms with Crippen molar-refractivity contribution >= 4 is 10.0 Å². The maximum Gasteiger partial charge on any atom is 0.216 e. The van der Waals surface area contributed by atoms with Gasteiger partial charge < -0.3 is 9.30 Å². The van der Waals surface area contributed by atoms with Crippen molar-refractivity contribution in [2.45, 2.75) is 6.54 Å². The molecule has 0 aromatic carbocycles. The Bertz CT molecular complexity index is 709. The SMILES string of the molecule is O=S(=O)(CCn1ccnc1-c1cccnc1)N1CCOCC1. The Morgan fingerprint density at radius 1 is 1.23 bits per heavy atom. The first-order valence-corrected chi connectivity index (χ1v) is 8.75. The maximum absolute atomic E-state index is 12.4. The van der Waals surface area contributed by atoms with Gasteiger partial charge in [-0.3, -0.25) is 4.98 Å². The second-order valence-corrected chi connectivity index (χ2v) is 7.10. The molecule has 0 N–H and O–H groups in total. The smallest absolute Gasteiger partial charge is 0.216 e. The van der Waals surface area contributed by atoms with E-state index in [0.29, 0.717) is 32.8 Å². The number of hydrogen-bond acceptors (Lipinski definition) is 5. The number of nitrogens with zero attached hydrogens (tertiary/aromatic N) is 4. The Labute approximate surface area is 129 Å². The predicted octanol–water partition coefficient (Wildman–Crippen LogP) is 0.607. The van der Waals surface area contributed by atoms with E-state index >= 15 is 0 Å². The van der Waals surface area contributed by atoms with E-state index in [1.54, 1.807) is 24.8 Å². The lowest BCUT2D eigenvalue weighted by Crippen LogP contribution is -2.42. The molecule has 118 valence electrons. The summed E-state index contributed by atoms with van der Waals surface area (Å²) in [6.45, 7) is 2.16. The van der Waals surface area contributed by atoms with Gasteiger partial charge in [-0.25, -0.2) is 13.4 Å². The minimum absolute atomic E-state index is 0.0522. The molecule has 1 fully saturated rings. The van der Waals surface area contributed by atoms with Gasteiger partial charge in [0.15, 0.2) is 0 Å². The summed E-state index contributed by atoms with van der Waals surface area (Å²) in [6.07, 6.45) is 6.87. The van der Waals surface area contributed by atoms with Gasteiger partial charge in [-0.15, -0.1) is 0 Å². The van der Waals surface area contributed by atoms with Crippen LogP contribution < -0.4 is 0 Å². The van der Waals surface area contributed by atoms with E-state index in [0.717, 1.165) is 11.4 Å². The second-order valence-electron chi connectivity index (χ2n) is 5.01. The van der Waals surface area contributed by atoms with Gasteiger partial charge in [-0.2, -0.15) is 4.31 Å². The molecule has 7 nitrogen and oxygen atoms in total. The molecule has 1 saturated heterocycles. The summed E-state index contributed by atoms with van der Waals surface area (Å²) < 4.78 is 33.2. The van der Waals surface area contributed by atoms with E-state index in [4.69, 9.17) is 4.74 Å². The molecule has 0 radical (unpaired) electrons. The molecule has 0 unspecified atom stereocenters. The van der Waals surface area contributed by atoms with E-state index in [2.05, 4.69) is 9.97 Å². The highest BCUT2D eigenvalue weighted by molar-refractivity contribution is 7.89. The molecular formula is C14H18N4O3S. The van der Waals surface area contributed by atoms with Crippen molar-refractivity contribution in [3.05, 3.63) is 36.9 Å². The summed E-state index contributed by atoms with van der Waals surface area (Å²) in [5, 5.41) is 0. The number of morpholine rings is 1. The molecule has 0 spiro atoms. The third-order valence-electron chi connectivity index (χ3n) is 3.59. The Morgan fingerprint density at radius 3 is 2.77 bits per heavy atom. The van der Waals surface area contributed by atoms with E-state index < -0.39 is 10.0 Å². The molecule has 8 heteroatoms. The molecule has 0 aliphatic carbocycles. The van der Waals surface area contributed by atoms with E-state index in [1.807, 2.05) is 16.7 Å². The summed E-state index contributed by atoms with van der Waals surface area (Å²) in [4.78, 5) is 8.36. The van der Waals surface area contributed by atoms with Crippen LogP contribution in [0.3, 0.4) is 0 Å². The molecule has 3 heterocycles. The van der Waals surface area contributed by atoms with Crippen molar-refractivity contribution in [2.75, 3.05) is 32.1 Å². The van der Waals surface area contributed by atoms with Crippen molar-refractivity contribution in [3.8, 4) is 11.4 Å². The fourth-order valence-electron chi connectivity index (χ4n) is 2.41. The molecule has 3 rings (SSSR count). The lowest BCUT2D eigenvalue weighted by atomic mass is 10.3. The first kappa shape index (κ1) is 15.1. The predicted molar refractivity (Wildman–Crippen MR) is 81.6 cm³/mol. The van der Waals surface area contributed by atoms with Crippen LogP contribution in [0.4, 0.5) is 0 Å². The Kier molecular flexibility index (Phi) is 4.51. The number of sulfonamides is 1. The second kappa shape index (κ2) is 6.55. The highest BCUT2D eigenvalue weighted by Crippen LogP contribution is 2.16. The van der Waals surface area contributed by atoms with Crippen molar-refractivity contribution < 1.29 is 13.2 Å². The molecule has 0 amide bonds. The number of pyridine rings is 1. The van der Waals surface area contributed by atoms with Gasteiger partial charge in [0.2, 0.25) is 10.0 Å². The van der Waals surface area contributed by atoms with Gasteiger partial charge in [0, 0.05) is 50.0 Å². The van der Waals surface area contributed by atoms with Crippen molar-refractivity contribution in [3.63, 3.8) is 0 Å². The minimum Gasteiger partial charge on any atom is -0.379 e. The summed E-state index contributed by atoms with van der Waals surface area (Å²) >= 11 is 0. The van der Waals surface area contributed by atoms with Crippen LogP contribution in [-0.4, -0.2) is 59.3 Å². The molecule has 0 bridgehead atoms. The number of hydrogen-bond donors (Lipinski definition) is 0. The first-order valence-electron chi connectivity index (χ1n) is 7.14. The van der Waals surface area contributed by atoms with E-state index in [-0.39, 0.29) is 5.75 Å². The van der Waals surface area contributed by atoms with Crippen LogP contribution >= 0.6 is 0 Å². The standard InChI is InChI=1S/C14H18N4O3S/c19-22(20,18-6-9-21-10-7-18)11-8-17-5-4-16-14(17)13-2-1-3-15-12-13/h1-5,12H,6-11H2. The number of ether oxygens (including phenoxy) is 1. The first-order chi connectivity index (χ1) is 10.7. The number of aryl methyl sites for hydroxylation is 1. The Morgan fingerprint density at radius 2 is 2.05 bits per heavy atom. The highest BCUT2D eigenvalue weighted by Gasteiger charge is 2.24. The monoisotopic (exact) mass is 322 g/mol. The molecule has 22 heavy (non-hydrogen) atoms. The largest absolute Gasteiger partial charge is 0.379 e. The fraction of sp³-hybridized carbons (Fsp3) is 0.429. The minimum atomic E-state index is -3.27. The number of rotatable bonds is 5. The zero-order valence-corrected chi connectivity index (χ0v) is 12.9. The van der Waals surface area contributed by atoms with Crippen LogP contribution in [0.25, 0.3) is 11.4 Å². The summed E-state index contributed by atoms with van der Waals surface area (Å²) in [5.41, 5.74) is 0.872. The van der Waals surface area contributed by atoms with Crippen molar-refractivity contribution in [1.29, 1.82) is 0 Å². The van der Waals surface area contributed by atoms with Gasteiger partial charge in [-0.05, 0) is 12.1 Å². The third-order valence-corrected chi connectivity index (χ3v) is 5.44. The van der Waals surface area contributed by atoms with Crippen LogP contribution in [-0.2, 0) is 21.3 Å². The van der Waals surface area contributed by atoms with Gasteiger partial charge in [0.25, 0.3) is 0 Å². The summed E-state index contributed by atoms with van der Waals surface area (Å²) in [6, 6.07) is 3.74. The van der Waals surface area contributed by atoms with E-state index in [9.17, 15) is 8.42 Å². The Balaban J connectivity index is 1.71. The normalized spacial score (nSPS) is 16.7. The van der Waals surface area contributed by atoms with Crippen molar-refractivity contribution in [2.24, 2.45) is 0 Å². The van der Waals surface area contributed by atoms with Crippen LogP contribution in [0.2, 0.25) is 0 Å². The van der Waals surface area contributed by atoms with Crippen LogP contribution in [0, 0.1) is 0 Å². The average Bonchev–Trinajstić information content (AvgIpc) is 3.03. The lowest BCUT2D eigenvalue weighted by Gasteiger charge is -2.26. The molecule has 2 aromatic heterocycles. The molecular weight excluding hydrogens is 304 g/mol. The lowest BCUT2D eigenvalue weighted by molar-refractivity contribution is 0.0730. The van der Waals surface area contributed by atoms with Crippen molar-refractivity contribution in [1.82, 2.24) is 18.8 Å². The average molecular weight is 322 g/mol. The zero-order valence-electron chi connectivity index (χ0n) is 12.1. The van der Waals surface area contributed by atoms with E-state index in [1.165, 1.54) is 4.31 Å². The Hall–Kier alpha value is -1.77. The summed E-state index contributed by atoms with van der Waals surface area (Å²) in [5.74, 6) is 0.779. The topological polar surface area (TPSA) is 77.3 Å². The summed E-state index contributed by atoms with van der Waals surface area (Å²) in [7, 11) is -3.27. The van der Waals surface area contributed by atoms with Gasteiger partial charge in [-0.1, -0.05) is 0 Å². The molecule has 0 atom stereocenters. The van der Waals surface area contributed by atoms with Crippen LogP contribution in [0.5, 0.6) is 0 Å². The fourth-order valence-corrected chi connectivity index (χ4v) is 3.80. The molecule has 0 saturated carbocycles. The third kappa shape index (κ3) is 3.34. The number of aromatic nitrogens is 3. The number of imidazole rings is 1. The van der Waals surface area contributed by atoms with Gasteiger partial charge in [0.1, 0.15) is 5.82 Å². The van der Waals surface area contributed by atoms with Crippen LogP contribution in [0.15, 0.2) is 36.9 Å². The molecule has 1 aliphatic heterocycles. The quantitative estimate of drug-likeness (QED) is 0.806. The molecule has 2 aromatic rings. The van der Waals surface area contributed by atoms with Gasteiger partial charge >= 0.3 is 0 Å². The zero-order chi connectivity index (χ0) is 15.4. The molecule has 1 aliphatic rings.